The van der Waals surface area contributed by atoms with Gasteiger partial charge >= 0.3 is 0 Å². The van der Waals surface area contributed by atoms with Crippen molar-refractivity contribution < 1.29 is 0 Å². The van der Waals surface area contributed by atoms with Gasteiger partial charge in [0, 0.05) is 11.9 Å². The molecule has 0 amide bonds. The number of benzene rings is 1. The first-order valence-corrected chi connectivity index (χ1v) is 4.63. The number of alkyl halides is 1. The van der Waals surface area contributed by atoms with Gasteiger partial charge in [-0.1, -0.05) is 29.8 Å². The van der Waals surface area contributed by atoms with Crippen LogP contribution in [0.5, 0.6) is 0 Å². The molecule has 0 aliphatic carbocycles. The number of hydrogen-bond donors (Lipinski definition) is 1. The molecule has 2 heteroatoms. The van der Waals surface area contributed by atoms with Crippen LogP contribution in [0.25, 0.3) is 0 Å². The van der Waals surface area contributed by atoms with E-state index in [2.05, 4.69) is 31.2 Å². The van der Waals surface area contributed by atoms with E-state index < -0.39 is 0 Å². The molecular weight excluding hydrogens is 170 g/mol. The van der Waals surface area contributed by atoms with E-state index in [0.717, 1.165) is 6.42 Å². The lowest BCUT2D eigenvalue weighted by atomic mass is 10.1. The molecule has 0 aromatic heterocycles. The Labute approximate surface area is 78.5 Å². The average Bonchev–Trinajstić information content (AvgIpc) is 2.09. The van der Waals surface area contributed by atoms with E-state index in [4.69, 9.17) is 17.3 Å². The third-order valence-corrected chi connectivity index (χ3v) is 2.21. The van der Waals surface area contributed by atoms with Crippen LogP contribution in [0, 0.1) is 6.92 Å². The summed E-state index contributed by atoms with van der Waals surface area (Å²) in [4.78, 5) is 0. The molecular formula is C10H14ClN. The molecule has 1 nitrogen and oxygen atoms in total. The molecule has 1 rings (SSSR count). The molecule has 1 aromatic carbocycles. The van der Waals surface area contributed by atoms with E-state index in [0.29, 0.717) is 5.88 Å². The summed E-state index contributed by atoms with van der Waals surface area (Å²) in [7, 11) is 0. The SMILES string of the molecule is Cc1ccc(CC(N)CCl)cc1. The minimum absolute atomic E-state index is 0.0781. The third kappa shape index (κ3) is 2.84. The van der Waals surface area contributed by atoms with Gasteiger partial charge in [-0.05, 0) is 18.9 Å². The minimum atomic E-state index is 0.0781. The Morgan fingerprint density at radius 2 is 1.92 bits per heavy atom. The number of nitrogens with two attached hydrogens (primary N) is 1. The van der Waals surface area contributed by atoms with Crippen LogP contribution in [-0.2, 0) is 6.42 Å². The normalized spacial score (nSPS) is 12.9. The lowest BCUT2D eigenvalue weighted by molar-refractivity contribution is 0.745. The molecule has 1 atom stereocenters. The fourth-order valence-electron chi connectivity index (χ4n) is 1.08. The molecule has 1 aromatic rings. The molecule has 0 fully saturated rings. The zero-order chi connectivity index (χ0) is 8.97. The Morgan fingerprint density at radius 3 is 2.42 bits per heavy atom. The summed E-state index contributed by atoms with van der Waals surface area (Å²) in [6.45, 7) is 2.07. The molecule has 0 spiro atoms. The zero-order valence-electron chi connectivity index (χ0n) is 7.26. The van der Waals surface area contributed by atoms with Gasteiger partial charge in [-0.2, -0.15) is 0 Å². The Hall–Kier alpha value is -0.530. The van der Waals surface area contributed by atoms with Crippen molar-refractivity contribution in [1.82, 2.24) is 0 Å². The number of hydrogen-bond acceptors (Lipinski definition) is 1. The summed E-state index contributed by atoms with van der Waals surface area (Å²) in [5.74, 6) is 0.522. The molecule has 0 heterocycles. The van der Waals surface area contributed by atoms with E-state index in [9.17, 15) is 0 Å². The van der Waals surface area contributed by atoms with Gasteiger partial charge in [-0.25, -0.2) is 0 Å². The Kier molecular flexibility index (Phi) is 3.57. The van der Waals surface area contributed by atoms with Gasteiger partial charge in [0.1, 0.15) is 0 Å². The Morgan fingerprint density at radius 1 is 1.33 bits per heavy atom. The molecule has 0 saturated carbocycles. The highest BCUT2D eigenvalue weighted by atomic mass is 35.5. The zero-order valence-corrected chi connectivity index (χ0v) is 8.01. The van der Waals surface area contributed by atoms with E-state index in [1.807, 2.05) is 0 Å². The fourth-order valence-corrected chi connectivity index (χ4v) is 1.19. The maximum absolute atomic E-state index is 5.71. The lowest BCUT2D eigenvalue weighted by Crippen LogP contribution is -2.24. The van der Waals surface area contributed by atoms with Crippen molar-refractivity contribution in [1.29, 1.82) is 0 Å². The molecule has 0 radical (unpaired) electrons. The first-order chi connectivity index (χ1) is 5.72. The first-order valence-electron chi connectivity index (χ1n) is 4.09. The third-order valence-electron chi connectivity index (χ3n) is 1.82. The standard InChI is InChI=1S/C10H14ClN/c1-8-2-4-9(5-3-8)6-10(12)7-11/h2-5,10H,6-7,12H2,1H3. The van der Waals surface area contributed by atoms with Crippen LogP contribution in [0.4, 0.5) is 0 Å². The smallest absolute Gasteiger partial charge is 0.0378 e. The summed E-state index contributed by atoms with van der Waals surface area (Å²) in [5.41, 5.74) is 8.25. The molecule has 0 saturated heterocycles. The predicted molar refractivity (Wildman–Crippen MR) is 53.6 cm³/mol. The van der Waals surface area contributed by atoms with Crippen molar-refractivity contribution in [2.24, 2.45) is 5.73 Å². The largest absolute Gasteiger partial charge is 0.326 e. The molecule has 66 valence electrons. The first kappa shape index (κ1) is 9.56. The van der Waals surface area contributed by atoms with Crippen molar-refractivity contribution in [3.63, 3.8) is 0 Å². The van der Waals surface area contributed by atoms with Gasteiger partial charge in [0.05, 0.1) is 0 Å². The number of aryl methyl sites for hydroxylation is 1. The molecule has 0 bridgehead atoms. The van der Waals surface area contributed by atoms with Crippen molar-refractivity contribution in [3.05, 3.63) is 35.4 Å². The van der Waals surface area contributed by atoms with Gasteiger partial charge in [0.15, 0.2) is 0 Å². The van der Waals surface area contributed by atoms with Crippen LogP contribution in [0.2, 0.25) is 0 Å². The van der Waals surface area contributed by atoms with Gasteiger partial charge in [0.2, 0.25) is 0 Å². The van der Waals surface area contributed by atoms with Crippen LogP contribution in [0.15, 0.2) is 24.3 Å². The highest BCUT2D eigenvalue weighted by Gasteiger charge is 2.00. The quantitative estimate of drug-likeness (QED) is 0.714. The van der Waals surface area contributed by atoms with E-state index >= 15 is 0 Å². The summed E-state index contributed by atoms with van der Waals surface area (Å²) in [6, 6.07) is 8.46. The topological polar surface area (TPSA) is 26.0 Å². The van der Waals surface area contributed by atoms with Crippen molar-refractivity contribution in [2.75, 3.05) is 5.88 Å². The lowest BCUT2D eigenvalue weighted by Gasteiger charge is -2.07. The van der Waals surface area contributed by atoms with Crippen molar-refractivity contribution >= 4 is 11.6 Å². The van der Waals surface area contributed by atoms with Crippen molar-refractivity contribution in [2.45, 2.75) is 19.4 Å². The second-order valence-corrected chi connectivity index (χ2v) is 3.41. The molecule has 2 N–H and O–H groups in total. The van der Waals surface area contributed by atoms with Gasteiger partial charge in [-0.3, -0.25) is 0 Å². The van der Waals surface area contributed by atoms with E-state index in [1.54, 1.807) is 0 Å². The maximum atomic E-state index is 5.71. The second kappa shape index (κ2) is 4.48. The molecule has 0 aliphatic rings. The van der Waals surface area contributed by atoms with Crippen LogP contribution in [-0.4, -0.2) is 11.9 Å². The Bertz CT molecular complexity index is 230. The Balaban J connectivity index is 2.58. The summed E-state index contributed by atoms with van der Waals surface area (Å²) in [6.07, 6.45) is 0.865. The predicted octanol–water partition coefficient (Wildman–Crippen LogP) is 2.10. The molecule has 1 unspecified atom stereocenters. The van der Waals surface area contributed by atoms with Gasteiger partial charge in [0.25, 0.3) is 0 Å². The average molecular weight is 184 g/mol. The van der Waals surface area contributed by atoms with E-state index in [1.165, 1.54) is 11.1 Å². The fraction of sp³-hybridized carbons (Fsp3) is 0.400. The second-order valence-electron chi connectivity index (χ2n) is 3.10. The highest BCUT2D eigenvalue weighted by Crippen LogP contribution is 2.05. The van der Waals surface area contributed by atoms with E-state index in [-0.39, 0.29) is 6.04 Å². The monoisotopic (exact) mass is 183 g/mol. The number of halogens is 1. The number of rotatable bonds is 3. The minimum Gasteiger partial charge on any atom is -0.326 e. The van der Waals surface area contributed by atoms with Crippen LogP contribution >= 0.6 is 11.6 Å². The van der Waals surface area contributed by atoms with Gasteiger partial charge in [-0.15, -0.1) is 11.6 Å². The maximum Gasteiger partial charge on any atom is 0.0378 e. The highest BCUT2D eigenvalue weighted by molar-refractivity contribution is 6.18. The van der Waals surface area contributed by atoms with Crippen molar-refractivity contribution in [3.8, 4) is 0 Å². The van der Waals surface area contributed by atoms with Crippen LogP contribution < -0.4 is 5.73 Å². The summed E-state index contributed by atoms with van der Waals surface area (Å²) < 4.78 is 0. The van der Waals surface area contributed by atoms with Crippen LogP contribution in [0.1, 0.15) is 11.1 Å². The summed E-state index contributed by atoms with van der Waals surface area (Å²) in [5, 5.41) is 0. The van der Waals surface area contributed by atoms with Crippen LogP contribution in [0.3, 0.4) is 0 Å². The summed E-state index contributed by atoms with van der Waals surface area (Å²) >= 11 is 5.61. The molecule has 0 aliphatic heterocycles. The molecule has 12 heavy (non-hydrogen) atoms. The van der Waals surface area contributed by atoms with Gasteiger partial charge < -0.3 is 5.73 Å².